The highest BCUT2D eigenvalue weighted by molar-refractivity contribution is 6.64. The Morgan fingerprint density at radius 1 is 1.27 bits per heavy atom. The average molecular weight is 197 g/mol. The smallest absolute Gasteiger partial charge is 0.331 e. The molecule has 68 valence electrons. The zero-order valence-electron chi connectivity index (χ0n) is 7.52. The zero-order chi connectivity index (χ0) is 8.74. The van der Waals surface area contributed by atoms with Crippen LogP contribution in [0.4, 0.5) is 0 Å². The summed E-state index contributed by atoms with van der Waals surface area (Å²) >= 11 is 5.51. The van der Waals surface area contributed by atoms with E-state index in [9.17, 15) is 0 Å². The molecule has 0 aliphatic carbocycles. The van der Waals surface area contributed by atoms with E-state index in [1.807, 2.05) is 13.1 Å². The first kappa shape index (κ1) is 11.4. The Morgan fingerprint density at radius 2 is 1.91 bits per heavy atom. The molecule has 0 amide bonds. The maximum absolute atomic E-state index is 5.54. The zero-order valence-corrected chi connectivity index (χ0v) is 9.28. The van der Waals surface area contributed by atoms with Gasteiger partial charge < -0.3 is 8.85 Å². The lowest BCUT2D eigenvalue weighted by atomic mass is 10.4. The Labute approximate surface area is 75.1 Å². The van der Waals surface area contributed by atoms with Gasteiger partial charge in [-0.1, -0.05) is 0 Å². The van der Waals surface area contributed by atoms with Crippen LogP contribution in [0.2, 0.25) is 13.1 Å². The van der Waals surface area contributed by atoms with E-state index < -0.39 is 8.56 Å². The molecule has 2 nitrogen and oxygen atoms in total. The third-order valence-corrected chi connectivity index (χ3v) is 3.62. The van der Waals surface area contributed by atoms with Gasteiger partial charge >= 0.3 is 8.56 Å². The van der Waals surface area contributed by atoms with Crippen LogP contribution in [0.25, 0.3) is 0 Å². The first-order chi connectivity index (χ1) is 5.12. The van der Waals surface area contributed by atoms with Crippen LogP contribution in [0, 0.1) is 0 Å². The second kappa shape index (κ2) is 6.00. The minimum atomic E-state index is -1.77. The Morgan fingerprint density at radius 3 is 2.36 bits per heavy atom. The lowest BCUT2D eigenvalue weighted by Crippen LogP contribution is -2.33. The van der Waals surface area contributed by atoms with Gasteiger partial charge in [-0.3, -0.25) is 0 Å². The van der Waals surface area contributed by atoms with Crippen molar-refractivity contribution in [1.82, 2.24) is 0 Å². The minimum Gasteiger partial charge on any atom is -0.398 e. The summed E-state index contributed by atoms with van der Waals surface area (Å²) in [6.45, 7) is 4.85. The molecule has 0 spiro atoms. The van der Waals surface area contributed by atoms with E-state index in [2.05, 4.69) is 0 Å². The van der Waals surface area contributed by atoms with Crippen LogP contribution in [-0.4, -0.2) is 28.2 Å². The van der Waals surface area contributed by atoms with Gasteiger partial charge in [-0.25, -0.2) is 0 Å². The van der Waals surface area contributed by atoms with Crippen LogP contribution in [0.5, 0.6) is 0 Å². The van der Waals surface area contributed by atoms with Gasteiger partial charge in [0, 0.05) is 19.6 Å². The van der Waals surface area contributed by atoms with Crippen LogP contribution in [-0.2, 0) is 8.85 Å². The molecule has 0 aromatic carbocycles. The molecular weight excluding hydrogens is 180 g/mol. The van der Waals surface area contributed by atoms with Crippen molar-refractivity contribution in [3.8, 4) is 0 Å². The molecule has 0 bridgehead atoms. The maximum Gasteiger partial charge on any atom is 0.331 e. The second-order valence-corrected chi connectivity index (χ2v) is 6.72. The normalized spacial score (nSPS) is 12.0. The molecule has 0 saturated heterocycles. The molecule has 0 unspecified atom stereocenters. The summed E-state index contributed by atoms with van der Waals surface area (Å²) in [6.07, 6.45) is 2.05. The summed E-state index contributed by atoms with van der Waals surface area (Å²) in [6, 6.07) is 0. The fraction of sp³-hybridized carbons (Fsp3) is 1.00. The fourth-order valence-electron chi connectivity index (χ4n) is 0.573. The van der Waals surface area contributed by atoms with E-state index in [0.717, 1.165) is 25.3 Å². The van der Waals surface area contributed by atoms with Crippen molar-refractivity contribution in [2.45, 2.75) is 25.9 Å². The summed E-state index contributed by atoms with van der Waals surface area (Å²) in [7, 11) is -0.0682. The lowest BCUT2D eigenvalue weighted by Gasteiger charge is -2.19. The fourth-order valence-corrected chi connectivity index (χ4v) is 1.52. The van der Waals surface area contributed by atoms with Crippen molar-refractivity contribution in [2.75, 3.05) is 19.6 Å². The third-order valence-electron chi connectivity index (χ3n) is 1.47. The van der Waals surface area contributed by atoms with Crippen molar-refractivity contribution in [3.05, 3.63) is 0 Å². The molecule has 0 rings (SSSR count). The van der Waals surface area contributed by atoms with Crippen LogP contribution in [0.15, 0.2) is 0 Å². The molecule has 0 aromatic heterocycles. The number of alkyl halides is 1. The molecule has 0 saturated carbocycles. The highest BCUT2D eigenvalue weighted by atomic mass is 35.5. The minimum absolute atomic E-state index is 0.721. The van der Waals surface area contributed by atoms with E-state index in [0.29, 0.717) is 0 Å². The van der Waals surface area contributed by atoms with Crippen LogP contribution < -0.4 is 0 Å². The molecular formula is C7H17ClO2Si. The van der Waals surface area contributed by atoms with Crippen LogP contribution >= 0.6 is 11.6 Å². The number of halogens is 1. The predicted octanol–water partition coefficient (Wildman–Crippen LogP) is 2.37. The largest absolute Gasteiger partial charge is 0.398 e. The highest BCUT2D eigenvalue weighted by Gasteiger charge is 2.21. The van der Waals surface area contributed by atoms with Gasteiger partial charge in [0.05, 0.1) is 0 Å². The van der Waals surface area contributed by atoms with Crippen molar-refractivity contribution in [3.63, 3.8) is 0 Å². The number of hydrogen-bond acceptors (Lipinski definition) is 2. The van der Waals surface area contributed by atoms with Gasteiger partial charge in [0.15, 0.2) is 0 Å². The van der Waals surface area contributed by atoms with Crippen molar-refractivity contribution in [1.29, 1.82) is 0 Å². The SMILES string of the molecule is CO[Si](C)(C)OCCCCCl. The standard InChI is InChI=1S/C7H17ClO2Si/c1-9-11(2,3)10-7-5-4-6-8/h4-7H2,1-3H3. The summed E-state index contributed by atoms with van der Waals surface area (Å²) < 4.78 is 10.7. The van der Waals surface area contributed by atoms with Gasteiger partial charge in [-0.2, -0.15) is 0 Å². The maximum atomic E-state index is 5.54. The molecule has 0 N–H and O–H groups in total. The molecule has 0 radical (unpaired) electrons. The van der Waals surface area contributed by atoms with Crippen LogP contribution in [0.3, 0.4) is 0 Å². The molecule has 0 atom stereocenters. The lowest BCUT2D eigenvalue weighted by molar-refractivity contribution is 0.208. The second-order valence-electron chi connectivity index (χ2n) is 2.85. The first-order valence-electron chi connectivity index (χ1n) is 3.87. The summed E-state index contributed by atoms with van der Waals surface area (Å²) in [5, 5.41) is 0. The van der Waals surface area contributed by atoms with E-state index in [1.165, 1.54) is 0 Å². The molecule has 0 fully saturated rings. The predicted molar refractivity (Wildman–Crippen MR) is 50.4 cm³/mol. The van der Waals surface area contributed by atoms with E-state index in [-0.39, 0.29) is 0 Å². The van der Waals surface area contributed by atoms with E-state index in [4.69, 9.17) is 20.5 Å². The van der Waals surface area contributed by atoms with Crippen molar-refractivity contribution >= 4 is 20.2 Å². The van der Waals surface area contributed by atoms with Crippen LogP contribution in [0.1, 0.15) is 12.8 Å². The van der Waals surface area contributed by atoms with Crippen molar-refractivity contribution in [2.24, 2.45) is 0 Å². The van der Waals surface area contributed by atoms with Gasteiger partial charge in [0.1, 0.15) is 0 Å². The molecule has 0 aliphatic heterocycles. The average Bonchev–Trinajstić information content (AvgIpc) is 1.99. The quantitative estimate of drug-likeness (QED) is 0.369. The van der Waals surface area contributed by atoms with E-state index >= 15 is 0 Å². The van der Waals surface area contributed by atoms with E-state index in [1.54, 1.807) is 7.11 Å². The summed E-state index contributed by atoms with van der Waals surface area (Å²) in [5.41, 5.74) is 0. The van der Waals surface area contributed by atoms with Gasteiger partial charge in [-0.15, -0.1) is 11.6 Å². The first-order valence-corrected chi connectivity index (χ1v) is 7.22. The molecule has 0 heterocycles. The highest BCUT2D eigenvalue weighted by Crippen LogP contribution is 2.05. The van der Waals surface area contributed by atoms with Crippen molar-refractivity contribution < 1.29 is 8.85 Å². The Bertz CT molecular complexity index is 98.4. The van der Waals surface area contributed by atoms with Gasteiger partial charge in [-0.05, 0) is 25.9 Å². The third kappa shape index (κ3) is 6.81. The Hall–Kier alpha value is 0.427. The topological polar surface area (TPSA) is 18.5 Å². The Balaban J connectivity index is 3.23. The molecule has 0 aliphatic rings. The molecule has 11 heavy (non-hydrogen) atoms. The van der Waals surface area contributed by atoms with Gasteiger partial charge in [0.2, 0.25) is 0 Å². The molecule has 4 heteroatoms. The monoisotopic (exact) mass is 196 g/mol. The Kier molecular flexibility index (Phi) is 6.23. The number of unbranched alkanes of at least 4 members (excludes halogenated alkanes) is 1. The number of hydrogen-bond donors (Lipinski definition) is 0. The summed E-state index contributed by atoms with van der Waals surface area (Å²) in [4.78, 5) is 0. The molecule has 0 aromatic rings. The summed E-state index contributed by atoms with van der Waals surface area (Å²) in [5.74, 6) is 0.721. The number of rotatable bonds is 6. The van der Waals surface area contributed by atoms with Gasteiger partial charge in [0.25, 0.3) is 0 Å².